The molecular weight excluding hydrogens is 339 g/mol. The Morgan fingerprint density at radius 1 is 1.21 bits per heavy atom. The van der Waals surface area contributed by atoms with Crippen molar-refractivity contribution in [3.63, 3.8) is 0 Å². The van der Waals surface area contributed by atoms with Gasteiger partial charge in [0.2, 0.25) is 0 Å². The summed E-state index contributed by atoms with van der Waals surface area (Å²) in [5.74, 6) is -0.799. The van der Waals surface area contributed by atoms with E-state index in [1.54, 1.807) is 0 Å². The van der Waals surface area contributed by atoms with Crippen LogP contribution in [0.15, 0.2) is 36.4 Å². The molecule has 0 aliphatic carbocycles. The minimum atomic E-state index is -4.33. The molecule has 0 amide bonds. The summed E-state index contributed by atoms with van der Waals surface area (Å²) < 4.78 is 37.8. The van der Waals surface area contributed by atoms with Crippen molar-refractivity contribution in [2.75, 3.05) is 6.54 Å². The lowest BCUT2D eigenvalue weighted by atomic mass is 10.1. The van der Waals surface area contributed by atoms with Crippen molar-refractivity contribution in [3.8, 4) is 10.4 Å². The molecule has 1 N–H and O–H groups in total. The Labute approximate surface area is 141 Å². The van der Waals surface area contributed by atoms with Gasteiger partial charge in [-0.3, -0.25) is 9.69 Å². The molecule has 24 heavy (non-hydrogen) atoms. The summed E-state index contributed by atoms with van der Waals surface area (Å²) in [6.45, 7) is 1.31. The van der Waals surface area contributed by atoms with Crippen LogP contribution in [0, 0.1) is 0 Å². The molecule has 0 saturated carbocycles. The van der Waals surface area contributed by atoms with Crippen molar-refractivity contribution < 1.29 is 23.1 Å². The van der Waals surface area contributed by atoms with Crippen molar-refractivity contribution in [1.82, 2.24) is 4.90 Å². The Morgan fingerprint density at radius 2 is 1.92 bits per heavy atom. The van der Waals surface area contributed by atoms with Gasteiger partial charge in [-0.1, -0.05) is 12.1 Å². The van der Waals surface area contributed by atoms with Gasteiger partial charge in [0.25, 0.3) is 0 Å². The first-order valence-corrected chi connectivity index (χ1v) is 8.39. The first-order chi connectivity index (χ1) is 11.3. The predicted octanol–water partition coefficient (Wildman–Crippen LogP) is 4.48. The van der Waals surface area contributed by atoms with Gasteiger partial charge in [-0.05, 0) is 49.2 Å². The smallest absolute Gasteiger partial charge is 0.416 e. The lowest BCUT2D eigenvalue weighted by Gasteiger charge is -2.19. The molecule has 1 aliphatic rings. The topological polar surface area (TPSA) is 40.5 Å². The quantitative estimate of drug-likeness (QED) is 0.879. The van der Waals surface area contributed by atoms with Crippen LogP contribution < -0.4 is 0 Å². The summed E-state index contributed by atoms with van der Waals surface area (Å²) in [4.78, 5) is 15.0. The lowest BCUT2D eigenvalue weighted by Crippen LogP contribution is -2.35. The number of halogens is 3. The molecule has 1 atom stereocenters. The maximum absolute atomic E-state index is 12.6. The molecule has 0 radical (unpaired) electrons. The van der Waals surface area contributed by atoms with Crippen LogP contribution in [-0.2, 0) is 17.5 Å². The van der Waals surface area contributed by atoms with E-state index >= 15 is 0 Å². The summed E-state index contributed by atoms with van der Waals surface area (Å²) in [6.07, 6.45) is -2.80. The number of aliphatic carboxylic acids is 1. The van der Waals surface area contributed by atoms with Gasteiger partial charge in [0, 0.05) is 16.3 Å². The van der Waals surface area contributed by atoms with E-state index < -0.39 is 23.8 Å². The highest BCUT2D eigenvalue weighted by Gasteiger charge is 2.31. The molecule has 0 unspecified atom stereocenters. The minimum Gasteiger partial charge on any atom is -0.480 e. The van der Waals surface area contributed by atoms with E-state index in [2.05, 4.69) is 0 Å². The molecule has 2 heterocycles. The van der Waals surface area contributed by atoms with Crippen molar-refractivity contribution >= 4 is 17.3 Å². The largest absolute Gasteiger partial charge is 0.480 e. The van der Waals surface area contributed by atoms with Gasteiger partial charge >= 0.3 is 12.1 Å². The highest BCUT2D eigenvalue weighted by molar-refractivity contribution is 7.15. The molecule has 2 aromatic rings. The van der Waals surface area contributed by atoms with Crippen LogP contribution >= 0.6 is 11.3 Å². The van der Waals surface area contributed by atoms with E-state index in [9.17, 15) is 23.1 Å². The highest BCUT2D eigenvalue weighted by atomic mass is 32.1. The fraction of sp³-hybridized carbons (Fsp3) is 0.353. The number of thiophene rings is 1. The molecule has 1 fully saturated rings. The Kier molecular flexibility index (Phi) is 4.64. The predicted molar refractivity (Wildman–Crippen MR) is 85.8 cm³/mol. The van der Waals surface area contributed by atoms with Gasteiger partial charge < -0.3 is 5.11 Å². The van der Waals surface area contributed by atoms with Gasteiger partial charge in [0.15, 0.2) is 0 Å². The summed E-state index contributed by atoms with van der Waals surface area (Å²) in [5.41, 5.74) is 0.0693. The molecule has 3 rings (SSSR count). The number of benzene rings is 1. The molecule has 0 spiro atoms. The average molecular weight is 355 g/mol. The maximum atomic E-state index is 12.6. The fourth-order valence-corrected chi connectivity index (χ4v) is 3.98. The second-order valence-electron chi connectivity index (χ2n) is 5.81. The van der Waals surface area contributed by atoms with E-state index in [0.29, 0.717) is 13.0 Å². The number of rotatable bonds is 4. The summed E-state index contributed by atoms with van der Waals surface area (Å²) in [6, 6.07) is 8.43. The normalized spacial score (nSPS) is 18.9. The van der Waals surface area contributed by atoms with Crippen LogP contribution in [0.1, 0.15) is 23.3 Å². The van der Waals surface area contributed by atoms with Crippen LogP contribution in [0.5, 0.6) is 0 Å². The molecule has 1 aromatic carbocycles. The zero-order valence-corrected chi connectivity index (χ0v) is 13.5. The van der Waals surface area contributed by atoms with Gasteiger partial charge in [-0.15, -0.1) is 11.3 Å². The van der Waals surface area contributed by atoms with Gasteiger partial charge in [-0.2, -0.15) is 13.2 Å². The molecule has 1 aliphatic heterocycles. The second kappa shape index (κ2) is 6.57. The third-order valence-corrected chi connectivity index (χ3v) is 5.29. The number of carboxylic acids is 1. The van der Waals surface area contributed by atoms with Crippen molar-refractivity contribution in [2.45, 2.75) is 31.6 Å². The molecular formula is C17H16F3NO2S. The minimum absolute atomic E-state index is 0.443. The Bertz CT molecular complexity index is 724. The molecule has 7 heteroatoms. The standard InChI is InChI=1S/C17H16F3NO2S/c18-17(19,20)12-5-3-11(4-6-12)15-8-7-13(24-15)10-21-9-1-2-14(21)16(22)23/h3-8,14H,1-2,9-10H2,(H,22,23)/t14-/m0/s1. The summed E-state index contributed by atoms with van der Waals surface area (Å²) in [5, 5.41) is 9.21. The number of nitrogens with zero attached hydrogens (tertiary/aromatic N) is 1. The van der Waals surface area contributed by atoms with E-state index in [-0.39, 0.29) is 0 Å². The SMILES string of the molecule is O=C(O)[C@@H]1CCCN1Cc1ccc(-c2ccc(C(F)(F)F)cc2)s1. The molecule has 1 aromatic heterocycles. The van der Waals surface area contributed by atoms with Crippen molar-refractivity contribution in [3.05, 3.63) is 46.8 Å². The van der Waals surface area contributed by atoms with Crippen LogP contribution in [0.2, 0.25) is 0 Å². The number of carbonyl (C=O) groups is 1. The number of likely N-dealkylation sites (tertiary alicyclic amines) is 1. The first kappa shape index (κ1) is 17.0. The monoisotopic (exact) mass is 355 g/mol. The third-order valence-electron chi connectivity index (χ3n) is 4.17. The van der Waals surface area contributed by atoms with E-state index in [1.165, 1.54) is 23.5 Å². The molecule has 1 saturated heterocycles. The van der Waals surface area contributed by atoms with E-state index in [4.69, 9.17) is 0 Å². The fourth-order valence-electron chi connectivity index (χ4n) is 2.94. The van der Waals surface area contributed by atoms with Gasteiger partial charge in [-0.25, -0.2) is 0 Å². The van der Waals surface area contributed by atoms with Crippen LogP contribution in [0.25, 0.3) is 10.4 Å². The first-order valence-electron chi connectivity index (χ1n) is 7.58. The lowest BCUT2D eigenvalue weighted by molar-refractivity contribution is -0.142. The van der Waals surface area contributed by atoms with Crippen LogP contribution in [0.4, 0.5) is 13.2 Å². The number of alkyl halides is 3. The van der Waals surface area contributed by atoms with Crippen molar-refractivity contribution in [2.24, 2.45) is 0 Å². The number of hydrogen-bond acceptors (Lipinski definition) is 3. The third kappa shape index (κ3) is 3.62. The molecule has 128 valence electrons. The Balaban J connectivity index is 1.72. The zero-order chi connectivity index (χ0) is 17.3. The number of hydrogen-bond donors (Lipinski definition) is 1. The molecule has 3 nitrogen and oxygen atoms in total. The van der Waals surface area contributed by atoms with Gasteiger partial charge in [0.05, 0.1) is 5.56 Å². The van der Waals surface area contributed by atoms with E-state index in [1.807, 2.05) is 17.0 Å². The summed E-state index contributed by atoms with van der Waals surface area (Å²) >= 11 is 1.48. The Hall–Kier alpha value is -1.86. The second-order valence-corrected chi connectivity index (χ2v) is 6.98. The van der Waals surface area contributed by atoms with Crippen LogP contribution in [0.3, 0.4) is 0 Å². The Morgan fingerprint density at radius 3 is 2.54 bits per heavy atom. The highest BCUT2D eigenvalue weighted by Crippen LogP contribution is 2.34. The van der Waals surface area contributed by atoms with Crippen LogP contribution in [-0.4, -0.2) is 28.6 Å². The van der Waals surface area contributed by atoms with Crippen molar-refractivity contribution in [1.29, 1.82) is 0 Å². The number of carboxylic acid groups (broad SMARTS) is 1. The maximum Gasteiger partial charge on any atom is 0.416 e. The molecule has 0 bridgehead atoms. The average Bonchev–Trinajstić information content (AvgIpc) is 3.16. The summed E-state index contributed by atoms with van der Waals surface area (Å²) in [7, 11) is 0. The van der Waals surface area contributed by atoms with Gasteiger partial charge in [0.1, 0.15) is 6.04 Å². The zero-order valence-electron chi connectivity index (χ0n) is 12.7. The van der Waals surface area contributed by atoms with E-state index in [0.717, 1.165) is 40.4 Å².